The molecule has 158 valence electrons. The highest BCUT2D eigenvalue weighted by molar-refractivity contribution is 5.71. The summed E-state index contributed by atoms with van der Waals surface area (Å²) in [6.07, 6.45) is 28.1. The number of hydrogen-bond acceptors (Lipinski definition) is 2. The average molecular weight is 387 g/mol. The number of esters is 1. The van der Waals surface area contributed by atoms with Gasteiger partial charge in [0.25, 0.3) is 0 Å². The average Bonchev–Trinajstić information content (AvgIpc) is 2.65. The van der Waals surface area contributed by atoms with E-state index in [4.69, 9.17) is 4.74 Å². The van der Waals surface area contributed by atoms with Crippen molar-refractivity contribution >= 4 is 5.97 Å². The number of rotatable bonds is 15. The van der Waals surface area contributed by atoms with Crippen molar-refractivity contribution in [2.75, 3.05) is 0 Å². The van der Waals surface area contributed by atoms with E-state index in [0.717, 1.165) is 25.7 Å². The van der Waals surface area contributed by atoms with Crippen molar-refractivity contribution in [3.8, 4) is 0 Å². The van der Waals surface area contributed by atoms with Crippen LogP contribution in [-0.2, 0) is 9.53 Å². The van der Waals surface area contributed by atoms with Crippen LogP contribution in [0.5, 0.6) is 0 Å². The third kappa shape index (κ3) is 16.4. The lowest BCUT2D eigenvalue weighted by Gasteiger charge is -2.24. The van der Waals surface area contributed by atoms with Gasteiger partial charge in [-0.25, -0.2) is 0 Å². The molecular weight excluding hydrogens is 344 g/mol. The Morgan fingerprint density at radius 3 is 1.46 bits per heavy atom. The van der Waals surface area contributed by atoms with Gasteiger partial charge in [-0.3, -0.25) is 4.79 Å². The van der Waals surface area contributed by atoms with Gasteiger partial charge < -0.3 is 4.74 Å². The van der Waals surface area contributed by atoms with E-state index in [9.17, 15) is 4.79 Å². The molecule has 2 heteroatoms. The molecule has 0 bridgehead atoms. The minimum absolute atomic E-state index is 0.0000456. The van der Waals surface area contributed by atoms with Crippen LogP contribution in [0.1, 0.15) is 79.6 Å². The van der Waals surface area contributed by atoms with Crippen LogP contribution in [0.4, 0.5) is 0 Å². The number of carbonyl (C=O) groups is 1. The second kappa shape index (κ2) is 18.5. The summed E-state index contributed by atoms with van der Waals surface area (Å²) >= 11 is 0. The van der Waals surface area contributed by atoms with Crippen LogP contribution in [0.2, 0.25) is 0 Å². The smallest absolute Gasteiger partial charge is 0.309 e. The number of ether oxygens (including phenoxy) is 1. The van der Waals surface area contributed by atoms with Gasteiger partial charge >= 0.3 is 5.97 Å². The molecule has 0 aliphatic heterocycles. The quantitative estimate of drug-likeness (QED) is 0.212. The fourth-order valence-corrected chi connectivity index (χ4v) is 2.79. The van der Waals surface area contributed by atoms with Crippen molar-refractivity contribution in [3.05, 3.63) is 60.8 Å². The van der Waals surface area contributed by atoms with Crippen molar-refractivity contribution < 1.29 is 9.53 Å². The van der Waals surface area contributed by atoms with Crippen molar-refractivity contribution in [2.45, 2.75) is 85.7 Å². The summed E-state index contributed by atoms with van der Waals surface area (Å²) in [5, 5.41) is 0. The van der Waals surface area contributed by atoms with E-state index in [1.807, 2.05) is 12.2 Å². The lowest BCUT2D eigenvalue weighted by Crippen LogP contribution is -2.28. The molecule has 0 aliphatic rings. The van der Waals surface area contributed by atoms with Crippen LogP contribution in [0.25, 0.3) is 0 Å². The number of unbranched alkanes of at least 4 members (excludes halogenated alkanes) is 1. The molecule has 2 nitrogen and oxygen atoms in total. The summed E-state index contributed by atoms with van der Waals surface area (Å²) in [5.74, 6) is 0.563. The van der Waals surface area contributed by atoms with E-state index in [1.165, 1.54) is 12.8 Å². The maximum atomic E-state index is 11.9. The summed E-state index contributed by atoms with van der Waals surface area (Å²) in [7, 11) is 0. The van der Waals surface area contributed by atoms with Crippen LogP contribution in [0, 0.1) is 11.8 Å². The van der Waals surface area contributed by atoms with Crippen LogP contribution in [0.15, 0.2) is 60.8 Å². The first kappa shape index (κ1) is 26.2. The molecule has 0 aliphatic carbocycles. The Hall–Kier alpha value is -1.83. The molecule has 0 radical (unpaired) electrons. The van der Waals surface area contributed by atoms with Gasteiger partial charge in [-0.1, -0.05) is 102 Å². The zero-order chi connectivity index (χ0) is 21.0. The monoisotopic (exact) mass is 386 g/mol. The van der Waals surface area contributed by atoms with Crippen LogP contribution in [-0.4, -0.2) is 12.1 Å². The largest absolute Gasteiger partial charge is 0.462 e. The Bertz CT molecular complexity index is 511. The number of carbonyl (C=O) groups excluding carboxylic acids is 1. The minimum Gasteiger partial charge on any atom is -0.462 e. The Labute approximate surface area is 174 Å². The van der Waals surface area contributed by atoms with E-state index < -0.39 is 0 Å². The van der Waals surface area contributed by atoms with E-state index in [1.54, 1.807) is 0 Å². The molecular formula is C26H42O2. The predicted molar refractivity (Wildman–Crippen MR) is 123 cm³/mol. The molecule has 28 heavy (non-hydrogen) atoms. The van der Waals surface area contributed by atoms with Gasteiger partial charge in [-0.2, -0.15) is 0 Å². The maximum Gasteiger partial charge on any atom is 0.309 e. The molecule has 0 spiro atoms. The first-order valence-corrected chi connectivity index (χ1v) is 10.9. The Morgan fingerprint density at radius 1 is 0.679 bits per heavy atom. The van der Waals surface area contributed by atoms with Gasteiger partial charge in [0.05, 0.1) is 6.42 Å². The van der Waals surface area contributed by atoms with E-state index in [-0.39, 0.29) is 12.1 Å². The molecule has 0 atom stereocenters. The Balaban J connectivity index is 3.80. The molecule has 0 amide bonds. The summed E-state index contributed by atoms with van der Waals surface area (Å²) in [4.78, 5) is 11.9. The molecule has 0 fully saturated rings. The summed E-state index contributed by atoms with van der Waals surface area (Å²) in [6.45, 7) is 10.6. The summed E-state index contributed by atoms with van der Waals surface area (Å²) in [5.41, 5.74) is 0. The highest BCUT2D eigenvalue weighted by Gasteiger charge is 2.21. The highest BCUT2D eigenvalue weighted by atomic mass is 16.5. The fourth-order valence-electron chi connectivity index (χ4n) is 2.79. The summed E-state index contributed by atoms with van der Waals surface area (Å²) in [6, 6.07) is 0. The van der Waals surface area contributed by atoms with Crippen molar-refractivity contribution in [2.24, 2.45) is 11.8 Å². The van der Waals surface area contributed by atoms with Crippen molar-refractivity contribution in [3.63, 3.8) is 0 Å². The molecule has 0 heterocycles. The molecule has 0 aromatic carbocycles. The van der Waals surface area contributed by atoms with E-state index in [0.29, 0.717) is 18.3 Å². The second-order valence-corrected chi connectivity index (χ2v) is 7.74. The fraction of sp³-hybridized carbons (Fsp3) is 0.577. The van der Waals surface area contributed by atoms with Gasteiger partial charge in [0.2, 0.25) is 0 Å². The van der Waals surface area contributed by atoms with Gasteiger partial charge in [-0.05, 0) is 43.9 Å². The lowest BCUT2D eigenvalue weighted by atomic mass is 9.96. The van der Waals surface area contributed by atoms with Crippen molar-refractivity contribution in [1.82, 2.24) is 0 Å². The standard InChI is InChI=1S/C26H42O2/c1-6-7-8-9-10-11-12-13-14-15-16-17-18-19-20-21-22-25(27)28-26(23(2)3)24(4)5/h8-9,11-12,14-15,17-18,20-21,23-24,26H,6-7,10,13,16,19,22H2,1-5H3/b9-8-,12-11-,15-14-,18-17-,21-20-. The Morgan fingerprint density at radius 2 is 1.07 bits per heavy atom. The molecule has 0 N–H and O–H groups in total. The first-order chi connectivity index (χ1) is 13.5. The zero-order valence-corrected chi connectivity index (χ0v) is 18.8. The minimum atomic E-state index is -0.135. The predicted octanol–water partition coefficient (Wildman–Crippen LogP) is 7.74. The SMILES string of the molecule is CCC/C=C\C/C=C\C/C=C\C/C=C\C/C=C\CC(=O)OC(C(C)C)C(C)C. The van der Waals surface area contributed by atoms with Gasteiger partial charge in [0.15, 0.2) is 0 Å². The number of hydrogen-bond donors (Lipinski definition) is 0. The third-order valence-electron chi connectivity index (χ3n) is 4.24. The molecule has 0 unspecified atom stereocenters. The lowest BCUT2D eigenvalue weighted by molar-refractivity contribution is -0.152. The molecule has 0 rings (SSSR count). The van der Waals surface area contributed by atoms with E-state index >= 15 is 0 Å². The molecule has 0 aromatic rings. The van der Waals surface area contributed by atoms with Crippen LogP contribution >= 0.6 is 0 Å². The van der Waals surface area contributed by atoms with Gasteiger partial charge in [0.1, 0.15) is 6.10 Å². The third-order valence-corrected chi connectivity index (χ3v) is 4.24. The van der Waals surface area contributed by atoms with Gasteiger partial charge in [-0.15, -0.1) is 0 Å². The van der Waals surface area contributed by atoms with Crippen LogP contribution in [0.3, 0.4) is 0 Å². The summed E-state index contributed by atoms with van der Waals surface area (Å²) < 4.78 is 5.57. The second-order valence-electron chi connectivity index (χ2n) is 7.74. The topological polar surface area (TPSA) is 26.3 Å². The maximum absolute atomic E-state index is 11.9. The normalized spacial score (nSPS) is 13.1. The zero-order valence-electron chi connectivity index (χ0n) is 18.8. The van der Waals surface area contributed by atoms with Crippen molar-refractivity contribution in [1.29, 1.82) is 0 Å². The van der Waals surface area contributed by atoms with Crippen LogP contribution < -0.4 is 0 Å². The highest BCUT2D eigenvalue weighted by Crippen LogP contribution is 2.16. The molecule has 0 aromatic heterocycles. The Kier molecular flexibility index (Phi) is 17.3. The molecule has 0 saturated carbocycles. The molecule has 0 saturated heterocycles. The number of allylic oxidation sites excluding steroid dienone is 9. The van der Waals surface area contributed by atoms with Gasteiger partial charge in [0, 0.05) is 0 Å². The van der Waals surface area contributed by atoms with E-state index in [2.05, 4.69) is 83.2 Å². The first-order valence-electron chi connectivity index (χ1n) is 10.9.